The zero-order chi connectivity index (χ0) is 15.5. The van der Waals surface area contributed by atoms with Gasteiger partial charge in [0.1, 0.15) is 5.75 Å². The Morgan fingerprint density at radius 3 is 2.57 bits per heavy atom. The number of hydrogen-bond donors (Lipinski definition) is 3. The summed E-state index contributed by atoms with van der Waals surface area (Å²) in [6, 6.07) is 6.19. The van der Waals surface area contributed by atoms with Gasteiger partial charge in [0.15, 0.2) is 0 Å². The molecule has 2 amide bonds. The Kier molecular flexibility index (Phi) is 4.35. The maximum absolute atomic E-state index is 12.0. The van der Waals surface area contributed by atoms with Gasteiger partial charge in [-0.25, -0.2) is 4.79 Å². The van der Waals surface area contributed by atoms with Crippen molar-refractivity contribution in [1.82, 2.24) is 5.32 Å². The van der Waals surface area contributed by atoms with Crippen molar-refractivity contribution in [2.75, 3.05) is 12.4 Å². The van der Waals surface area contributed by atoms with E-state index in [2.05, 4.69) is 10.6 Å². The second-order valence-electron chi connectivity index (χ2n) is 5.49. The van der Waals surface area contributed by atoms with E-state index in [0.717, 1.165) is 6.42 Å². The third kappa shape index (κ3) is 3.26. The van der Waals surface area contributed by atoms with Crippen molar-refractivity contribution < 1.29 is 19.4 Å². The van der Waals surface area contributed by atoms with Crippen molar-refractivity contribution >= 4 is 17.7 Å². The molecule has 0 radical (unpaired) electrons. The van der Waals surface area contributed by atoms with Crippen LogP contribution in [0.3, 0.4) is 0 Å². The lowest BCUT2D eigenvalue weighted by Crippen LogP contribution is -2.48. The average molecular weight is 292 g/mol. The van der Waals surface area contributed by atoms with Gasteiger partial charge in [-0.1, -0.05) is 6.42 Å². The number of nitrogens with one attached hydrogen (secondary N) is 2. The van der Waals surface area contributed by atoms with Crippen LogP contribution in [0, 0.1) is 5.41 Å². The van der Waals surface area contributed by atoms with E-state index in [1.54, 1.807) is 38.3 Å². The fraction of sp³-hybridized carbons (Fsp3) is 0.467. The van der Waals surface area contributed by atoms with Gasteiger partial charge < -0.3 is 20.5 Å². The number of ether oxygens (including phenoxy) is 1. The summed E-state index contributed by atoms with van der Waals surface area (Å²) in [7, 11) is 1.57. The number of hydrogen-bond acceptors (Lipinski definition) is 3. The van der Waals surface area contributed by atoms with Crippen molar-refractivity contribution in [3.8, 4) is 5.75 Å². The molecule has 1 aliphatic rings. The number of anilines is 1. The summed E-state index contributed by atoms with van der Waals surface area (Å²) < 4.78 is 5.04. The number of methoxy groups -OCH3 is 1. The summed E-state index contributed by atoms with van der Waals surface area (Å²) in [6.07, 6.45) is 2.06. The van der Waals surface area contributed by atoms with Crippen molar-refractivity contribution in [3.63, 3.8) is 0 Å². The Hall–Kier alpha value is -2.24. The van der Waals surface area contributed by atoms with Crippen LogP contribution in [-0.2, 0) is 4.79 Å². The van der Waals surface area contributed by atoms with Crippen LogP contribution < -0.4 is 15.4 Å². The summed E-state index contributed by atoms with van der Waals surface area (Å²) in [5, 5.41) is 14.8. The summed E-state index contributed by atoms with van der Waals surface area (Å²) in [4.78, 5) is 23.3. The number of rotatable bonds is 4. The quantitative estimate of drug-likeness (QED) is 0.795. The minimum Gasteiger partial charge on any atom is -0.497 e. The molecule has 0 heterocycles. The molecule has 1 aliphatic carbocycles. The Labute approximate surface area is 123 Å². The number of carboxylic acids is 1. The van der Waals surface area contributed by atoms with Crippen LogP contribution in [0.2, 0.25) is 0 Å². The minimum absolute atomic E-state index is 0.353. The zero-order valence-corrected chi connectivity index (χ0v) is 12.2. The van der Waals surface area contributed by atoms with Crippen LogP contribution in [0.1, 0.15) is 26.2 Å². The smallest absolute Gasteiger partial charge is 0.319 e. The summed E-state index contributed by atoms with van der Waals surface area (Å²) in [5.74, 6) is -0.162. The van der Waals surface area contributed by atoms with Gasteiger partial charge in [0.25, 0.3) is 0 Å². The number of aliphatic carboxylic acids is 1. The van der Waals surface area contributed by atoms with Gasteiger partial charge in [-0.05, 0) is 44.0 Å². The van der Waals surface area contributed by atoms with Crippen LogP contribution in [0.25, 0.3) is 0 Å². The Morgan fingerprint density at radius 2 is 2.00 bits per heavy atom. The molecule has 6 heteroatoms. The van der Waals surface area contributed by atoms with Gasteiger partial charge in [-0.15, -0.1) is 0 Å². The predicted molar refractivity (Wildman–Crippen MR) is 78.5 cm³/mol. The van der Waals surface area contributed by atoms with E-state index in [-0.39, 0.29) is 12.1 Å². The number of benzene rings is 1. The Bertz CT molecular complexity index is 529. The summed E-state index contributed by atoms with van der Waals surface area (Å²) in [5.41, 5.74) is -0.264. The number of carbonyl (C=O) groups is 2. The molecule has 1 fully saturated rings. The van der Waals surface area contributed by atoms with E-state index >= 15 is 0 Å². The largest absolute Gasteiger partial charge is 0.497 e. The van der Waals surface area contributed by atoms with E-state index in [9.17, 15) is 14.7 Å². The van der Waals surface area contributed by atoms with Crippen LogP contribution in [0.15, 0.2) is 24.3 Å². The van der Waals surface area contributed by atoms with Crippen LogP contribution >= 0.6 is 0 Å². The topological polar surface area (TPSA) is 87.7 Å². The highest BCUT2D eigenvalue weighted by atomic mass is 16.5. The van der Waals surface area contributed by atoms with Crippen LogP contribution in [-0.4, -0.2) is 30.3 Å². The van der Waals surface area contributed by atoms with Crippen molar-refractivity contribution in [2.45, 2.75) is 32.2 Å². The fourth-order valence-corrected chi connectivity index (χ4v) is 2.65. The molecule has 0 aromatic heterocycles. The molecule has 0 bridgehead atoms. The van der Waals surface area contributed by atoms with Crippen molar-refractivity contribution in [2.24, 2.45) is 5.41 Å². The average Bonchev–Trinajstić information content (AvgIpc) is 2.82. The molecule has 1 aromatic rings. The van der Waals surface area contributed by atoms with Crippen LogP contribution in [0.4, 0.5) is 10.5 Å². The van der Waals surface area contributed by atoms with E-state index in [0.29, 0.717) is 24.3 Å². The first-order chi connectivity index (χ1) is 9.95. The monoisotopic (exact) mass is 292 g/mol. The maximum Gasteiger partial charge on any atom is 0.319 e. The highest BCUT2D eigenvalue weighted by Gasteiger charge is 2.45. The predicted octanol–water partition coefficient (Wildman–Crippen LogP) is 2.46. The first-order valence-electron chi connectivity index (χ1n) is 6.90. The number of carboxylic acid groups (broad SMARTS) is 1. The molecular weight excluding hydrogens is 272 g/mol. The first-order valence-corrected chi connectivity index (χ1v) is 6.90. The van der Waals surface area contributed by atoms with E-state index in [4.69, 9.17) is 4.74 Å². The lowest BCUT2D eigenvalue weighted by atomic mass is 9.85. The molecule has 114 valence electrons. The van der Waals surface area contributed by atoms with E-state index < -0.39 is 11.4 Å². The van der Waals surface area contributed by atoms with Crippen LogP contribution in [0.5, 0.6) is 5.75 Å². The molecule has 1 saturated carbocycles. The molecule has 2 atom stereocenters. The lowest BCUT2D eigenvalue weighted by Gasteiger charge is -2.27. The van der Waals surface area contributed by atoms with Gasteiger partial charge >= 0.3 is 12.0 Å². The fourth-order valence-electron chi connectivity index (χ4n) is 2.65. The van der Waals surface area contributed by atoms with Gasteiger partial charge in [0.05, 0.1) is 12.5 Å². The van der Waals surface area contributed by atoms with Gasteiger partial charge in [-0.3, -0.25) is 4.79 Å². The first kappa shape index (κ1) is 15.2. The molecule has 2 unspecified atom stereocenters. The normalized spacial score (nSPS) is 24.4. The number of urea groups is 1. The van der Waals surface area contributed by atoms with E-state index in [1.807, 2.05) is 0 Å². The molecule has 0 spiro atoms. The van der Waals surface area contributed by atoms with Gasteiger partial charge in [0.2, 0.25) is 0 Å². The zero-order valence-electron chi connectivity index (χ0n) is 12.2. The number of carbonyl (C=O) groups excluding carboxylic acids is 1. The molecular formula is C15H20N2O4. The van der Waals surface area contributed by atoms with E-state index in [1.165, 1.54) is 0 Å². The molecule has 1 aromatic carbocycles. The SMILES string of the molecule is COc1ccc(NC(=O)NC2CCCC2(C)C(=O)O)cc1. The Balaban J connectivity index is 1.96. The molecule has 2 rings (SSSR count). The van der Waals surface area contributed by atoms with Gasteiger partial charge in [-0.2, -0.15) is 0 Å². The summed E-state index contributed by atoms with van der Waals surface area (Å²) >= 11 is 0. The Morgan fingerprint density at radius 1 is 1.33 bits per heavy atom. The molecule has 0 aliphatic heterocycles. The highest BCUT2D eigenvalue weighted by molar-refractivity contribution is 5.90. The third-order valence-corrected chi connectivity index (χ3v) is 4.10. The third-order valence-electron chi connectivity index (χ3n) is 4.10. The molecule has 3 N–H and O–H groups in total. The highest BCUT2D eigenvalue weighted by Crippen LogP contribution is 2.38. The molecule has 21 heavy (non-hydrogen) atoms. The minimum atomic E-state index is -0.892. The number of amides is 2. The second-order valence-corrected chi connectivity index (χ2v) is 5.49. The standard InChI is InChI=1S/C15H20N2O4/c1-15(13(18)19)9-3-4-12(15)17-14(20)16-10-5-7-11(21-2)8-6-10/h5-8,12H,3-4,9H2,1-2H3,(H,18,19)(H2,16,17,20). The summed E-state index contributed by atoms with van der Waals surface area (Å²) in [6.45, 7) is 1.68. The molecule has 6 nitrogen and oxygen atoms in total. The van der Waals surface area contributed by atoms with Gasteiger partial charge in [0, 0.05) is 11.7 Å². The molecule has 0 saturated heterocycles. The van der Waals surface area contributed by atoms with Crippen molar-refractivity contribution in [3.05, 3.63) is 24.3 Å². The van der Waals surface area contributed by atoms with Crippen molar-refractivity contribution in [1.29, 1.82) is 0 Å². The second kappa shape index (κ2) is 6.03. The maximum atomic E-state index is 12.0. The lowest BCUT2D eigenvalue weighted by molar-refractivity contribution is -0.148.